The molecule has 0 bridgehead atoms. The molecule has 0 aromatic carbocycles. The largest absolute Gasteiger partial charge is 0.424 e. The van der Waals surface area contributed by atoms with Gasteiger partial charge in [-0.2, -0.15) is 13.2 Å². The van der Waals surface area contributed by atoms with Crippen molar-refractivity contribution in [2.45, 2.75) is 30.3 Å². The van der Waals surface area contributed by atoms with Crippen molar-refractivity contribution in [1.82, 2.24) is 20.2 Å². The van der Waals surface area contributed by atoms with Crippen molar-refractivity contribution in [3.05, 3.63) is 18.2 Å². The third-order valence-corrected chi connectivity index (χ3v) is 3.94. The van der Waals surface area contributed by atoms with Crippen LogP contribution in [0.1, 0.15) is 18.7 Å². The van der Waals surface area contributed by atoms with E-state index in [1.54, 1.807) is 0 Å². The number of amides is 1. The number of carbonyl (C=O) groups excluding carboxylic acids is 1. The van der Waals surface area contributed by atoms with E-state index in [-0.39, 0.29) is 13.0 Å². The summed E-state index contributed by atoms with van der Waals surface area (Å²) in [5.74, 6) is -1.57. The first-order valence-corrected chi connectivity index (χ1v) is 7.05. The number of aryl methyl sites for hydroxylation is 1. The van der Waals surface area contributed by atoms with Crippen LogP contribution in [0.15, 0.2) is 12.4 Å². The highest BCUT2D eigenvalue weighted by atomic mass is 19.4. The molecular formula is C13H18F4N4O2. The Morgan fingerprint density at radius 1 is 1.57 bits per heavy atom. The standard InChI is InChI=1S/C13H18F4N4O2/c1-21-7-6-19-9(21)12(23,13(15,16)17)3-5-20-10(22)11(14)2-4-18-8-11/h6-7,18,23H,2-5,8H2,1H3,(H,20,22)/t11-,12+/m1/s1. The molecule has 1 fully saturated rings. The summed E-state index contributed by atoms with van der Waals surface area (Å²) < 4.78 is 54.9. The number of nitrogens with one attached hydrogen (secondary N) is 2. The lowest BCUT2D eigenvalue weighted by Gasteiger charge is -2.30. The fraction of sp³-hybridized carbons (Fsp3) is 0.692. The number of aliphatic hydroxyl groups is 1. The smallest absolute Gasteiger partial charge is 0.374 e. The molecule has 0 aliphatic carbocycles. The lowest BCUT2D eigenvalue weighted by Crippen LogP contribution is -2.49. The Balaban J connectivity index is 2.06. The molecule has 0 spiro atoms. The molecule has 1 aliphatic rings. The Labute approximate surface area is 129 Å². The highest BCUT2D eigenvalue weighted by Gasteiger charge is 2.57. The van der Waals surface area contributed by atoms with Crippen molar-refractivity contribution in [2.24, 2.45) is 7.05 Å². The first kappa shape index (κ1) is 17.7. The maximum absolute atomic E-state index is 14.1. The Morgan fingerprint density at radius 3 is 2.74 bits per heavy atom. The summed E-state index contributed by atoms with van der Waals surface area (Å²) in [6, 6.07) is 0. The number of aromatic nitrogens is 2. The number of rotatable bonds is 5. The summed E-state index contributed by atoms with van der Waals surface area (Å²) in [4.78, 5) is 15.3. The van der Waals surface area contributed by atoms with Gasteiger partial charge in [0.2, 0.25) is 11.3 Å². The molecule has 1 aromatic heterocycles. The van der Waals surface area contributed by atoms with Gasteiger partial charge in [-0.15, -0.1) is 0 Å². The van der Waals surface area contributed by atoms with Gasteiger partial charge < -0.3 is 20.3 Å². The number of nitrogens with zero attached hydrogens (tertiary/aromatic N) is 2. The Bertz CT molecular complexity index is 569. The second-order valence-corrected chi connectivity index (χ2v) is 5.62. The minimum Gasteiger partial charge on any atom is -0.374 e. The molecular weight excluding hydrogens is 320 g/mol. The van der Waals surface area contributed by atoms with Gasteiger partial charge in [0.1, 0.15) is 5.82 Å². The Hall–Kier alpha value is -1.68. The minimum absolute atomic E-state index is 0.0399. The van der Waals surface area contributed by atoms with Gasteiger partial charge in [0, 0.05) is 45.4 Å². The van der Waals surface area contributed by atoms with E-state index in [0.29, 0.717) is 6.54 Å². The molecule has 2 heterocycles. The zero-order chi connectivity index (χ0) is 17.3. The van der Waals surface area contributed by atoms with Gasteiger partial charge in [-0.3, -0.25) is 4.79 Å². The molecule has 1 saturated heterocycles. The summed E-state index contributed by atoms with van der Waals surface area (Å²) in [7, 11) is 1.32. The summed E-state index contributed by atoms with van der Waals surface area (Å²) in [5.41, 5.74) is -5.35. The van der Waals surface area contributed by atoms with Crippen LogP contribution in [0.2, 0.25) is 0 Å². The van der Waals surface area contributed by atoms with Gasteiger partial charge in [0.15, 0.2) is 0 Å². The van der Waals surface area contributed by atoms with Crippen molar-refractivity contribution in [3.63, 3.8) is 0 Å². The van der Waals surface area contributed by atoms with E-state index in [9.17, 15) is 27.5 Å². The molecule has 130 valence electrons. The van der Waals surface area contributed by atoms with Crippen LogP contribution in [-0.4, -0.2) is 52.0 Å². The van der Waals surface area contributed by atoms with Crippen molar-refractivity contribution >= 4 is 5.91 Å². The summed E-state index contributed by atoms with van der Waals surface area (Å²) in [6.45, 7) is -0.390. The van der Waals surface area contributed by atoms with E-state index in [1.807, 2.05) is 0 Å². The number of halogens is 4. The Kier molecular flexibility index (Phi) is 4.67. The van der Waals surface area contributed by atoms with Crippen LogP contribution in [0.4, 0.5) is 17.6 Å². The molecule has 2 rings (SSSR count). The van der Waals surface area contributed by atoms with E-state index in [2.05, 4.69) is 15.6 Å². The fourth-order valence-electron chi connectivity index (χ4n) is 2.52. The van der Waals surface area contributed by atoms with Crippen LogP contribution >= 0.6 is 0 Å². The molecule has 23 heavy (non-hydrogen) atoms. The minimum atomic E-state index is -4.99. The molecule has 0 radical (unpaired) electrons. The third kappa shape index (κ3) is 3.32. The third-order valence-electron chi connectivity index (χ3n) is 3.94. The predicted molar refractivity (Wildman–Crippen MR) is 72.1 cm³/mol. The van der Waals surface area contributed by atoms with Gasteiger partial charge >= 0.3 is 6.18 Å². The van der Waals surface area contributed by atoms with Gasteiger partial charge in [-0.25, -0.2) is 9.37 Å². The second kappa shape index (κ2) is 6.08. The summed E-state index contributed by atoms with van der Waals surface area (Å²) in [5, 5.41) is 14.9. The van der Waals surface area contributed by atoms with Crippen LogP contribution in [0.25, 0.3) is 0 Å². The zero-order valence-electron chi connectivity index (χ0n) is 12.5. The van der Waals surface area contributed by atoms with Crippen molar-refractivity contribution in [2.75, 3.05) is 19.6 Å². The lowest BCUT2D eigenvalue weighted by atomic mass is 9.97. The molecule has 1 amide bonds. The van der Waals surface area contributed by atoms with Gasteiger partial charge in [0.05, 0.1) is 0 Å². The van der Waals surface area contributed by atoms with Gasteiger partial charge in [0.25, 0.3) is 5.91 Å². The van der Waals surface area contributed by atoms with Crippen LogP contribution in [0.3, 0.4) is 0 Å². The quantitative estimate of drug-likeness (QED) is 0.678. The molecule has 1 aliphatic heterocycles. The first-order chi connectivity index (χ1) is 10.6. The molecule has 3 N–H and O–H groups in total. The molecule has 1 aromatic rings. The summed E-state index contributed by atoms with van der Waals surface area (Å²) >= 11 is 0. The molecule has 10 heteroatoms. The molecule has 0 unspecified atom stereocenters. The van der Waals surface area contributed by atoms with Crippen LogP contribution in [-0.2, 0) is 17.4 Å². The van der Waals surface area contributed by atoms with E-state index in [1.165, 1.54) is 13.2 Å². The lowest BCUT2D eigenvalue weighted by molar-refractivity contribution is -0.272. The average molecular weight is 338 g/mol. The predicted octanol–water partition coefficient (Wildman–Crippen LogP) is 0.378. The van der Waals surface area contributed by atoms with Crippen molar-refractivity contribution in [3.8, 4) is 0 Å². The average Bonchev–Trinajstić information content (AvgIpc) is 3.07. The Morgan fingerprint density at radius 2 is 2.26 bits per heavy atom. The highest BCUT2D eigenvalue weighted by Crippen LogP contribution is 2.40. The van der Waals surface area contributed by atoms with Crippen LogP contribution in [0, 0.1) is 0 Å². The highest BCUT2D eigenvalue weighted by molar-refractivity contribution is 5.85. The second-order valence-electron chi connectivity index (χ2n) is 5.62. The fourth-order valence-corrected chi connectivity index (χ4v) is 2.52. The number of alkyl halides is 4. The van der Waals surface area contributed by atoms with Crippen molar-refractivity contribution in [1.29, 1.82) is 0 Å². The van der Waals surface area contributed by atoms with Crippen LogP contribution in [0.5, 0.6) is 0 Å². The molecule has 2 atom stereocenters. The number of hydrogen-bond acceptors (Lipinski definition) is 4. The van der Waals surface area contributed by atoms with E-state index < -0.39 is 42.1 Å². The molecule has 6 nitrogen and oxygen atoms in total. The van der Waals surface area contributed by atoms with E-state index in [0.717, 1.165) is 10.8 Å². The molecule has 0 saturated carbocycles. The van der Waals surface area contributed by atoms with Gasteiger partial charge in [-0.05, 0) is 6.54 Å². The monoisotopic (exact) mass is 338 g/mol. The normalized spacial score (nSPS) is 24.4. The van der Waals surface area contributed by atoms with E-state index >= 15 is 0 Å². The van der Waals surface area contributed by atoms with Crippen LogP contribution < -0.4 is 10.6 Å². The first-order valence-electron chi connectivity index (χ1n) is 7.05. The number of carbonyl (C=O) groups is 1. The van der Waals surface area contributed by atoms with E-state index in [4.69, 9.17) is 0 Å². The number of hydrogen-bond donors (Lipinski definition) is 3. The number of imidazole rings is 1. The zero-order valence-corrected chi connectivity index (χ0v) is 12.5. The summed E-state index contributed by atoms with van der Waals surface area (Å²) in [6.07, 6.45) is -3.49. The maximum atomic E-state index is 14.1. The maximum Gasteiger partial charge on any atom is 0.424 e. The van der Waals surface area contributed by atoms with Gasteiger partial charge in [-0.1, -0.05) is 0 Å². The SMILES string of the molecule is Cn1ccnc1[C@@](O)(CCNC(=O)[C@@]1(F)CCNC1)C(F)(F)F. The topological polar surface area (TPSA) is 79.2 Å². The van der Waals surface area contributed by atoms with Crippen molar-refractivity contribution < 1.29 is 27.5 Å².